The van der Waals surface area contributed by atoms with Crippen LogP contribution in [0.5, 0.6) is 0 Å². The third-order valence-corrected chi connectivity index (χ3v) is 3.04. The molecule has 0 radical (unpaired) electrons. The van der Waals surface area contributed by atoms with E-state index < -0.39 is 0 Å². The lowest BCUT2D eigenvalue weighted by molar-refractivity contribution is -0.134. The molecular formula is C12H25ClN2O. The molecule has 96 valence electrons. The summed E-state index contributed by atoms with van der Waals surface area (Å²) in [4.78, 5) is 14.0. The first-order valence-corrected chi connectivity index (χ1v) is 6.17. The zero-order valence-electron chi connectivity index (χ0n) is 10.7. The fourth-order valence-corrected chi connectivity index (χ4v) is 2.11. The number of rotatable bonds is 4. The predicted molar refractivity (Wildman–Crippen MR) is 70.0 cm³/mol. The van der Waals surface area contributed by atoms with Gasteiger partial charge in [0.05, 0.1) is 6.04 Å². The molecule has 2 unspecified atom stereocenters. The van der Waals surface area contributed by atoms with Crippen LogP contribution in [0.15, 0.2) is 0 Å². The van der Waals surface area contributed by atoms with Crippen molar-refractivity contribution in [3.63, 3.8) is 0 Å². The van der Waals surface area contributed by atoms with Crippen molar-refractivity contribution in [3.05, 3.63) is 0 Å². The van der Waals surface area contributed by atoms with Crippen LogP contribution < -0.4 is 5.32 Å². The Bertz CT molecular complexity index is 211. The molecule has 0 saturated carbocycles. The molecule has 0 aromatic carbocycles. The van der Waals surface area contributed by atoms with Gasteiger partial charge < -0.3 is 10.2 Å². The summed E-state index contributed by atoms with van der Waals surface area (Å²) in [5.41, 5.74) is 0. The van der Waals surface area contributed by atoms with Crippen molar-refractivity contribution < 1.29 is 4.79 Å². The maximum absolute atomic E-state index is 12.0. The van der Waals surface area contributed by atoms with Gasteiger partial charge in [0.25, 0.3) is 0 Å². The van der Waals surface area contributed by atoms with Gasteiger partial charge >= 0.3 is 0 Å². The summed E-state index contributed by atoms with van der Waals surface area (Å²) >= 11 is 0. The summed E-state index contributed by atoms with van der Waals surface area (Å²) in [5.74, 6) is 0.941. The zero-order valence-corrected chi connectivity index (χ0v) is 11.5. The number of carbonyl (C=O) groups is 1. The Kier molecular flexibility index (Phi) is 7.77. The van der Waals surface area contributed by atoms with Gasteiger partial charge in [0.2, 0.25) is 5.91 Å². The molecule has 1 N–H and O–H groups in total. The Morgan fingerprint density at radius 1 is 1.56 bits per heavy atom. The predicted octanol–water partition coefficient (Wildman–Crippen LogP) is 2.05. The number of piperidine rings is 1. The zero-order chi connectivity index (χ0) is 11.3. The quantitative estimate of drug-likeness (QED) is 0.826. The molecule has 1 aliphatic rings. The first-order chi connectivity index (χ1) is 7.15. The summed E-state index contributed by atoms with van der Waals surface area (Å²) < 4.78 is 0. The van der Waals surface area contributed by atoms with Crippen molar-refractivity contribution in [2.24, 2.45) is 5.92 Å². The Morgan fingerprint density at radius 2 is 2.25 bits per heavy atom. The summed E-state index contributed by atoms with van der Waals surface area (Å²) in [5, 5.41) is 3.25. The number of nitrogens with zero attached hydrogens (tertiary/aromatic N) is 1. The SMILES string of the molecule is CCCNC(C)C(=O)N1CCCC(C)C1.Cl. The first kappa shape index (κ1) is 15.7. The van der Waals surface area contributed by atoms with Gasteiger partial charge in [0.1, 0.15) is 0 Å². The fourth-order valence-electron chi connectivity index (χ4n) is 2.11. The number of amides is 1. The lowest BCUT2D eigenvalue weighted by Gasteiger charge is -2.33. The topological polar surface area (TPSA) is 32.3 Å². The van der Waals surface area contributed by atoms with Crippen LogP contribution in [0.3, 0.4) is 0 Å². The Morgan fingerprint density at radius 3 is 2.81 bits per heavy atom. The number of halogens is 1. The van der Waals surface area contributed by atoms with Gasteiger partial charge in [-0.05, 0) is 38.6 Å². The Hall–Kier alpha value is -0.280. The Labute approximate surface area is 105 Å². The molecule has 3 nitrogen and oxygen atoms in total. The molecule has 0 aromatic heterocycles. The lowest BCUT2D eigenvalue weighted by atomic mass is 10.00. The molecular weight excluding hydrogens is 224 g/mol. The van der Waals surface area contributed by atoms with E-state index in [0.717, 1.165) is 32.5 Å². The van der Waals surface area contributed by atoms with Crippen LogP contribution in [0, 0.1) is 5.92 Å². The van der Waals surface area contributed by atoms with Crippen molar-refractivity contribution in [2.45, 2.75) is 46.1 Å². The van der Waals surface area contributed by atoms with Crippen LogP contribution >= 0.6 is 12.4 Å². The average molecular weight is 249 g/mol. The largest absolute Gasteiger partial charge is 0.341 e. The van der Waals surface area contributed by atoms with Crippen LogP contribution in [0.1, 0.15) is 40.0 Å². The van der Waals surface area contributed by atoms with Gasteiger partial charge in [0.15, 0.2) is 0 Å². The lowest BCUT2D eigenvalue weighted by Crippen LogP contribution is -2.48. The molecule has 2 atom stereocenters. The standard InChI is InChI=1S/C12H24N2O.ClH/c1-4-7-13-11(3)12(15)14-8-5-6-10(2)9-14;/h10-11,13H,4-9H2,1-3H3;1H. The van der Waals surface area contributed by atoms with Gasteiger partial charge in [-0.1, -0.05) is 13.8 Å². The third kappa shape index (κ3) is 4.71. The van der Waals surface area contributed by atoms with E-state index in [0.29, 0.717) is 5.92 Å². The molecule has 16 heavy (non-hydrogen) atoms. The minimum Gasteiger partial charge on any atom is -0.341 e. The van der Waals surface area contributed by atoms with Crippen molar-refractivity contribution in [1.82, 2.24) is 10.2 Å². The summed E-state index contributed by atoms with van der Waals surface area (Å²) in [6, 6.07) is -0.0183. The first-order valence-electron chi connectivity index (χ1n) is 6.17. The molecule has 1 heterocycles. The molecule has 1 aliphatic heterocycles. The number of hydrogen-bond donors (Lipinski definition) is 1. The molecule has 1 fully saturated rings. The van der Waals surface area contributed by atoms with Gasteiger partial charge in [-0.25, -0.2) is 0 Å². The van der Waals surface area contributed by atoms with E-state index in [9.17, 15) is 4.79 Å². The van der Waals surface area contributed by atoms with Crippen molar-refractivity contribution in [2.75, 3.05) is 19.6 Å². The number of hydrogen-bond acceptors (Lipinski definition) is 2. The van der Waals surface area contributed by atoms with Crippen molar-refractivity contribution in [3.8, 4) is 0 Å². The molecule has 1 rings (SSSR count). The number of nitrogens with one attached hydrogen (secondary N) is 1. The summed E-state index contributed by atoms with van der Waals surface area (Å²) in [6.07, 6.45) is 3.50. The van der Waals surface area contributed by atoms with E-state index in [1.54, 1.807) is 0 Å². The van der Waals surface area contributed by atoms with Gasteiger partial charge in [-0.2, -0.15) is 0 Å². The molecule has 0 spiro atoms. The van der Waals surface area contributed by atoms with E-state index in [-0.39, 0.29) is 24.4 Å². The second kappa shape index (κ2) is 7.91. The molecule has 1 saturated heterocycles. The van der Waals surface area contributed by atoms with Crippen molar-refractivity contribution in [1.29, 1.82) is 0 Å². The second-order valence-electron chi connectivity index (χ2n) is 4.71. The number of likely N-dealkylation sites (tertiary alicyclic amines) is 1. The third-order valence-electron chi connectivity index (χ3n) is 3.04. The second-order valence-corrected chi connectivity index (χ2v) is 4.71. The van der Waals surface area contributed by atoms with Crippen LogP contribution in [0.2, 0.25) is 0 Å². The van der Waals surface area contributed by atoms with E-state index >= 15 is 0 Å². The smallest absolute Gasteiger partial charge is 0.239 e. The van der Waals surface area contributed by atoms with Crippen LogP contribution in [-0.4, -0.2) is 36.5 Å². The van der Waals surface area contributed by atoms with E-state index in [2.05, 4.69) is 19.2 Å². The molecule has 0 aliphatic carbocycles. The highest BCUT2D eigenvalue weighted by Crippen LogP contribution is 2.16. The van der Waals surface area contributed by atoms with Crippen LogP contribution in [-0.2, 0) is 4.79 Å². The minimum atomic E-state index is -0.0183. The van der Waals surface area contributed by atoms with E-state index in [4.69, 9.17) is 0 Å². The van der Waals surface area contributed by atoms with Gasteiger partial charge in [0, 0.05) is 13.1 Å². The highest BCUT2D eigenvalue weighted by atomic mass is 35.5. The highest BCUT2D eigenvalue weighted by molar-refractivity contribution is 5.85. The molecule has 4 heteroatoms. The Balaban J connectivity index is 0.00000225. The molecule has 1 amide bonds. The van der Waals surface area contributed by atoms with E-state index in [1.807, 2.05) is 11.8 Å². The fraction of sp³-hybridized carbons (Fsp3) is 0.917. The normalized spacial score (nSPS) is 22.4. The summed E-state index contributed by atoms with van der Waals surface area (Å²) in [6.45, 7) is 9.13. The van der Waals surface area contributed by atoms with Gasteiger partial charge in [-0.15, -0.1) is 12.4 Å². The maximum Gasteiger partial charge on any atom is 0.239 e. The van der Waals surface area contributed by atoms with Gasteiger partial charge in [-0.3, -0.25) is 4.79 Å². The monoisotopic (exact) mass is 248 g/mol. The number of carbonyl (C=O) groups excluding carboxylic acids is 1. The highest BCUT2D eigenvalue weighted by Gasteiger charge is 2.24. The maximum atomic E-state index is 12.0. The van der Waals surface area contributed by atoms with Crippen LogP contribution in [0.25, 0.3) is 0 Å². The summed E-state index contributed by atoms with van der Waals surface area (Å²) in [7, 11) is 0. The van der Waals surface area contributed by atoms with E-state index in [1.165, 1.54) is 6.42 Å². The average Bonchev–Trinajstić information content (AvgIpc) is 2.24. The van der Waals surface area contributed by atoms with Crippen LogP contribution in [0.4, 0.5) is 0 Å². The minimum absolute atomic E-state index is 0. The van der Waals surface area contributed by atoms with Crippen molar-refractivity contribution >= 4 is 18.3 Å². The molecule has 0 bridgehead atoms. The molecule has 0 aromatic rings.